The van der Waals surface area contributed by atoms with E-state index in [0.29, 0.717) is 17.9 Å². The number of rotatable bonds is 4. The molecule has 1 aromatic heterocycles. The monoisotopic (exact) mass is 268 g/mol. The summed E-state index contributed by atoms with van der Waals surface area (Å²) in [5.74, 6) is 0.632. The van der Waals surface area contributed by atoms with Gasteiger partial charge in [0.25, 0.3) is 0 Å². The van der Waals surface area contributed by atoms with Crippen LogP contribution in [0.15, 0.2) is 53.9 Å². The normalized spacial score (nSPS) is 10.5. The van der Waals surface area contributed by atoms with Crippen LogP contribution >= 0.6 is 11.3 Å². The van der Waals surface area contributed by atoms with Crippen molar-refractivity contribution < 1.29 is 9.53 Å². The highest BCUT2D eigenvalue weighted by molar-refractivity contribution is 7.17. The van der Waals surface area contributed by atoms with Gasteiger partial charge in [0.05, 0.1) is 5.56 Å². The number of carbonyl (C=O) groups excluding carboxylic acids is 1. The molecule has 0 atom stereocenters. The maximum Gasteiger partial charge on any atom is 0.153 e. The van der Waals surface area contributed by atoms with Crippen molar-refractivity contribution in [3.05, 3.63) is 65.0 Å². The van der Waals surface area contributed by atoms with Crippen LogP contribution in [0.2, 0.25) is 0 Å². The highest BCUT2D eigenvalue weighted by Gasteiger charge is 2.06. The van der Waals surface area contributed by atoms with Gasteiger partial charge in [0, 0.05) is 10.3 Å². The second kappa shape index (κ2) is 5.24. The van der Waals surface area contributed by atoms with E-state index in [0.717, 1.165) is 11.8 Å². The number of hydrogen-bond donors (Lipinski definition) is 0. The molecule has 0 unspecified atom stereocenters. The van der Waals surface area contributed by atoms with Gasteiger partial charge in [0.1, 0.15) is 12.4 Å². The molecule has 0 fully saturated rings. The van der Waals surface area contributed by atoms with Gasteiger partial charge in [-0.15, -0.1) is 11.3 Å². The summed E-state index contributed by atoms with van der Waals surface area (Å²) in [6.07, 6.45) is 0.820. The standard InChI is InChI=1S/C16H12O2S/c17-9-12-5-1-3-7-15(12)18-10-13-11-19-16-8-4-2-6-14(13)16/h1-9,11H,10H2. The third-order valence-corrected chi connectivity index (χ3v) is 4.00. The van der Waals surface area contributed by atoms with Gasteiger partial charge in [-0.05, 0) is 29.0 Å². The van der Waals surface area contributed by atoms with E-state index < -0.39 is 0 Å². The van der Waals surface area contributed by atoms with Crippen molar-refractivity contribution in [2.24, 2.45) is 0 Å². The SMILES string of the molecule is O=Cc1ccccc1OCc1csc2ccccc12. The first kappa shape index (κ1) is 11.9. The summed E-state index contributed by atoms with van der Waals surface area (Å²) in [6, 6.07) is 15.5. The van der Waals surface area contributed by atoms with Crippen LogP contribution in [-0.2, 0) is 6.61 Å². The van der Waals surface area contributed by atoms with Crippen molar-refractivity contribution in [2.45, 2.75) is 6.61 Å². The molecule has 1 heterocycles. The number of fused-ring (bicyclic) bond motifs is 1. The number of para-hydroxylation sites is 1. The summed E-state index contributed by atoms with van der Waals surface area (Å²) < 4.78 is 7.01. The molecular formula is C16H12O2S. The third-order valence-electron chi connectivity index (χ3n) is 2.99. The number of hydrogen-bond acceptors (Lipinski definition) is 3. The van der Waals surface area contributed by atoms with Crippen LogP contribution in [0.3, 0.4) is 0 Å². The summed E-state index contributed by atoms with van der Waals surface area (Å²) in [5.41, 5.74) is 1.74. The average Bonchev–Trinajstić information content (AvgIpc) is 2.89. The van der Waals surface area contributed by atoms with Crippen LogP contribution in [-0.4, -0.2) is 6.29 Å². The minimum atomic E-state index is 0.481. The number of aldehydes is 1. The van der Waals surface area contributed by atoms with Gasteiger partial charge in [-0.2, -0.15) is 0 Å². The molecule has 0 spiro atoms. The van der Waals surface area contributed by atoms with Crippen molar-refractivity contribution in [3.63, 3.8) is 0 Å². The Morgan fingerprint density at radius 1 is 1.05 bits per heavy atom. The molecule has 3 heteroatoms. The molecule has 0 N–H and O–H groups in total. The molecule has 19 heavy (non-hydrogen) atoms. The van der Waals surface area contributed by atoms with Gasteiger partial charge >= 0.3 is 0 Å². The second-order valence-electron chi connectivity index (χ2n) is 4.20. The summed E-state index contributed by atoms with van der Waals surface area (Å²) in [7, 11) is 0. The van der Waals surface area contributed by atoms with Gasteiger partial charge in [-0.25, -0.2) is 0 Å². The van der Waals surface area contributed by atoms with Crippen molar-refractivity contribution in [1.29, 1.82) is 0 Å². The molecule has 0 aliphatic heterocycles. The summed E-state index contributed by atoms with van der Waals surface area (Å²) >= 11 is 1.71. The Morgan fingerprint density at radius 2 is 1.84 bits per heavy atom. The fourth-order valence-corrected chi connectivity index (χ4v) is 2.96. The van der Waals surface area contributed by atoms with Crippen molar-refractivity contribution in [2.75, 3.05) is 0 Å². The fourth-order valence-electron chi connectivity index (χ4n) is 2.01. The van der Waals surface area contributed by atoms with E-state index in [2.05, 4.69) is 17.5 Å². The molecule has 0 bridgehead atoms. The number of thiophene rings is 1. The quantitative estimate of drug-likeness (QED) is 0.660. The first-order valence-corrected chi connectivity index (χ1v) is 6.88. The molecule has 0 radical (unpaired) electrons. The Labute approximate surface area is 115 Å². The van der Waals surface area contributed by atoms with Crippen molar-refractivity contribution >= 4 is 27.7 Å². The maximum atomic E-state index is 10.9. The van der Waals surface area contributed by atoms with Gasteiger partial charge in [-0.1, -0.05) is 30.3 Å². The van der Waals surface area contributed by atoms with Crippen molar-refractivity contribution in [3.8, 4) is 5.75 Å². The zero-order chi connectivity index (χ0) is 13.1. The van der Waals surface area contributed by atoms with E-state index >= 15 is 0 Å². The molecule has 0 saturated carbocycles. The summed E-state index contributed by atoms with van der Waals surface area (Å²) in [4.78, 5) is 10.9. The lowest BCUT2D eigenvalue weighted by Crippen LogP contribution is -1.97. The van der Waals surface area contributed by atoms with Gasteiger partial charge in [0.15, 0.2) is 6.29 Å². The van der Waals surface area contributed by atoms with Crippen LogP contribution in [0.1, 0.15) is 15.9 Å². The Kier molecular flexibility index (Phi) is 3.29. The number of ether oxygens (including phenoxy) is 1. The lowest BCUT2D eigenvalue weighted by molar-refractivity contribution is 0.111. The minimum Gasteiger partial charge on any atom is -0.488 e. The zero-order valence-corrected chi connectivity index (χ0v) is 11.0. The molecule has 3 aromatic rings. The highest BCUT2D eigenvalue weighted by Crippen LogP contribution is 2.27. The second-order valence-corrected chi connectivity index (χ2v) is 5.11. The Balaban J connectivity index is 1.84. The Morgan fingerprint density at radius 3 is 2.74 bits per heavy atom. The van der Waals surface area contributed by atoms with Crippen LogP contribution in [0.25, 0.3) is 10.1 Å². The number of benzene rings is 2. The number of carbonyl (C=O) groups is 1. The third kappa shape index (κ3) is 2.37. The van der Waals surface area contributed by atoms with E-state index in [9.17, 15) is 4.79 Å². The van der Waals surface area contributed by atoms with E-state index in [1.54, 1.807) is 17.4 Å². The van der Waals surface area contributed by atoms with Crippen LogP contribution in [0.4, 0.5) is 0 Å². The van der Waals surface area contributed by atoms with Crippen LogP contribution < -0.4 is 4.74 Å². The largest absolute Gasteiger partial charge is 0.488 e. The average molecular weight is 268 g/mol. The highest BCUT2D eigenvalue weighted by atomic mass is 32.1. The molecule has 0 amide bonds. The van der Waals surface area contributed by atoms with Gasteiger partial charge < -0.3 is 4.74 Å². The van der Waals surface area contributed by atoms with E-state index in [4.69, 9.17) is 4.74 Å². The smallest absolute Gasteiger partial charge is 0.153 e. The van der Waals surface area contributed by atoms with Crippen molar-refractivity contribution in [1.82, 2.24) is 0 Å². The fraction of sp³-hybridized carbons (Fsp3) is 0.0625. The summed E-state index contributed by atoms with van der Waals surface area (Å²) in [6.45, 7) is 0.481. The van der Waals surface area contributed by atoms with Gasteiger partial charge in [-0.3, -0.25) is 4.79 Å². The van der Waals surface area contributed by atoms with E-state index in [-0.39, 0.29) is 0 Å². The molecule has 3 rings (SSSR count). The topological polar surface area (TPSA) is 26.3 Å². The first-order chi connectivity index (χ1) is 9.38. The maximum absolute atomic E-state index is 10.9. The molecule has 0 aliphatic carbocycles. The minimum absolute atomic E-state index is 0.481. The predicted molar refractivity (Wildman–Crippen MR) is 78.0 cm³/mol. The van der Waals surface area contributed by atoms with E-state index in [1.807, 2.05) is 30.3 Å². The van der Waals surface area contributed by atoms with Crippen LogP contribution in [0.5, 0.6) is 5.75 Å². The summed E-state index contributed by atoms with van der Waals surface area (Å²) in [5, 5.41) is 3.32. The molecule has 94 valence electrons. The van der Waals surface area contributed by atoms with Gasteiger partial charge in [0.2, 0.25) is 0 Å². The Bertz CT molecular complexity index is 715. The molecule has 2 nitrogen and oxygen atoms in total. The lowest BCUT2D eigenvalue weighted by Gasteiger charge is -2.07. The van der Waals surface area contributed by atoms with Crippen LogP contribution in [0, 0.1) is 0 Å². The predicted octanol–water partition coefficient (Wildman–Crippen LogP) is 4.29. The zero-order valence-electron chi connectivity index (χ0n) is 10.2. The molecule has 2 aromatic carbocycles. The molecule has 0 aliphatic rings. The Hall–Kier alpha value is -2.13. The van der Waals surface area contributed by atoms with E-state index in [1.165, 1.54) is 10.1 Å². The molecule has 0 saturated heterocycles. The lowest BCUT2D eigenvalue weighted by atomic mass is 10.2. The molecular weight excluding hydrogens is 256 g/mol. The first-order valence-electron chi connectivity index (χ1n) is 6.00.